The van der Waals surface area contributed by atoms with Crippen molar-refractivity contribution in [3.05, 3.63) is 63.5 Å². The number of carbonyl (C=O) groups is 2. The summed E-state index contributed by atoms with van der Waals surface area (Å²) in [6.45, 7) is 0.00271. The lowest BCUT2D eigenvalue weighted by Crippen LogP contribution is -2.41. The van der Waals surface area contributed by atoms with E-state index in [2.05, 4.69) is 21.2 Å². The van der Waals surface area contributed by atoms with E-state index in [0.717, 1.165) is 20.6 Å². The van der Waals surface area contributed by atoms with Crippen LogP contribution in [-0.4, -0.2) is 25.4 Å². The molecule has 2 aromatic carbocycles. The third-order valence-electron chi connectivity index (χ3n) is 3.56. The quantitative estimate of drug-likeness (QED) is 0.796. The van der Waals surface area contributed by atoms with E-state index in [1.54, 1.807) is 7.05 Å². The van der Waals surface area contributed by atoms with Crippen molar-refractivity contribution in [2.45, 2.75) is 4.90 Å². The summed E-state index contributed by atoms with van der Waals surface area (Å²) in [4.78, 5) is 27.8. The van der Waals surface area contributed by atoms with Crippen LogP contribution in [0.2, 0.25) is 0 Å². The van der Waals surface area contributed by atoms with Crippen molar-refractivity contribution in [1.82, 2.24) is 5.32 Å². The molecule has 0 aliphatic carbocycles. The molecular formula is C18H15BrN2O2S. The van der Waals surface area contributed by atoms with Gasteiger partial charge in [-0.3, -0.25) is 14.5 Å². The maximum absolute atomic E-state index is 12.9. The van der Waals surface area contributed by atoms with Gasteiger partial charge in [0.1, 0.15) is 6.54 Å². The molecule has 0 bridgehead atoms. The first kappa shape index (κ1) is 16.8. The van der Waals surface area contributed by atoms with E-state index < -0.39 is 0 Å². The largest absolute Gasteiger partial charge is 0.358 e. The Balaban J connectivity index is 2.01. The summed E-state index contributed by atoms with van der Waals surface area (Å²) in [6, 6.07) is 15.4. The molecule has 122 valence electrons. The van der Waals surface area contributed by atoms with Crippen LogP contribution in [0.3, 0.4) is 0 Å². The zero-order valence-electron chi connectivity index (χ0n) is 13.0. The van der Waals surface area contributed by atoms with Crippen LogP contribution in [0.15, 0.2) is 62.8 Å². The van der Waals surface area contributed by atoms with Gasteiger partial charge in [0.15, 0.2) is 0 Å². The molecule has 24 heavy (non-hydrogen) atoms. The van der Waals surface area contributed by atoms with Crippen molar-refractivity contribution in [2.24, 2.45) is 0 Å². The average molecular weight is 403 g/mol. The van der Waals surface area contributed by atoms with Crippen molar-refractivity contribution < 1.29 is 9.59 Å². The van der Waals surface area contributed by atoms with Crippen LogP contribution in [0.1, 0.15) is 5.56 Å². The highest BCUT2D eigenvalue weighted by molar-refractivity contribution is 9.10. The van der Waals surface area contributed by atoms with Gasteiger partial charge in [-0.25, -0.2) is 0 Å². The predicted molar refractivity (Wildman–Crippen MR) is 101 cm³/mol. The predicted octanol–water partition coefficient (Wildman–Crippen LogP) is 3.67. The molecule has 0 atom stereocenters. The molecule has 1 aliphatic rings. The minimum atomic E-state index is -0.202. The molecular weight excluding hydrogens is 388 g/mol. The molecule has 2 amide bonds. The molecule has 2 aromatic rings. The summed E-state index contributed by atoms with van der Waals surface area (Å²) in [6.07, 6.45) is 1.85. The van der Waals surface area contributed by atoms with Crippen molar-refractivity contribution in [3.8, 4) is 0 Å². The highest BCUT2D eigenvalue weighted by Gasteiger charge is 2.30. The molecule has 0 unspecified atom stereocenters. The summed E-state index contributed by atoms with van der Waals surface area (Å²) < 4.78 is 0.952. The van der Waals surface area contributed by atoms with E-state index in [1.165, 1.54) is 16.7 Å². The van der Waals surface area contributed by atoms with Crippen molar-refractivity contribution in [1.29, 1.82) is 0 Å². The number of benzene rings is 2. The first-order valence-corrected chi connectivity index (χ1v) is 8.96. The van der Waals surface area contributed by atoms with Gasteiger partial charge in [0, 0.05) is 16.4 Å². The van der Waals surface area contributed by atoms with E-state index in [9.17, 15) is 9.59 Å². The maximum atomic E-state index is 12.9. The van der Waals surface area contributed by atoms with E-state index >= 15 is 0 Å². The Bertz CT molecular complexity index is 835. The number of likely N-dealkylation sites (N-methyl/N-ethyl adjacent to an activating group) is 1. The lowest BCUT2D eigenvalue weighted by molar-refractivity contribution is -0.122. The highest BCUT2D eigenvalue weighted by atomic mass is 79.9. The van der Waals surface area contributed by atoms with Crippen LogP contribution in [0.4, 0.5) is 5.69 Å². The van der Waals surface area contributed by atoms with Gasteiger partial charge in [-0.1, -0.05) is 52.0 Å². The zero-order valence-corrected chi connectivity index (χ0v) is 15.4. The van der Waals surface area contributed by atoms with Crippen LogP contribution in [0, 0.1) is 0 Å². The average Bonchev–Trinajstić information content (AvgIpc) is 2.58. The second kappa shape index (κ2) is 7.23. The lowest BCUT2D eigenvalue weighted by Gasteiger charge is -2.29. The summed E-state index contributed by atoms with van der Waals surface area (Å²) in [5.41, 5.74) is 1.70. The molecule has 0 radical (unpaired) electrons. The molecule has 1 N–H and O–H groups in total. The Labute approximate surface area is 153 Å². The summed E-state index contributed by atoms with van der Waals surface area (Å²) in [5.74, 6) is -0.367. The summed E-state index contributed by atoms with van der Waals surface area (Å²) in [5, 5.41) is 2.57. The molecule has 1 heterocycles. The van der Waals surface area contributed by atoms with Crippen LogP contribution in [0.5, 0.6) is 0 Å². The fourth-order valence-electron chi connectivity index (χ4n) is 2.39. The topological polar surface area (TPSA) is 49.4 Å². The van der Waals surface area contributed by atoms with E-state index in [-0.39, 0.29) is 18.4 Å². The normalized spacial score (nSPS) is 15.3. The fourth-order valence-corrected chi connectivity index (χ4v) is 3.87. The smallest absolute Gasteiger partial charge is 0.265 e. The zero-order chi connectivity index (χ0) is 17.1. The van der Waals surface area contributed by atoms with E-state index in [0.29, 0.717) is 4.91 Å². The molecule has 1 aliphatic heterocycles. The van der Waals surface area contributed by atoms with Gasteiger partial charge in [0.2, 0.25) is 5.91 Å². The van der Waals surface area contributed by atoms with Crippen molar-refractivity contribution in [2.75, 3.05) is 18.5 Å². The number of halogens is 1. The molecule has 0 saturated heterocycles. The number of nitrogens with one attached hydrogen (secondary N) is 1. The number of hydrogen-bond acceptors (Lipinski definition) is 3. The monoisotopic (exact) mass is 402 g/mol. The molecule has 0 saturated carbocycles. The maximum Gasteiger partial charge on any atom is 0.265 e. The molecule has 3 rings (SSSR count). The van der Waals surface area contributed by atoms with Gasteiger partial charge in [0.05, 0.1) is 10.6 Å². The Morgan fingerprint density at radius 2 is 2.04 bits per heavy atom. The van der Waals surface area contributed by atoms with Gasteiger partial charge in [-0.15, -0.1) is 0 Å². The molecule has 0 aromatic heterocycles. The van der Waals surface area contributed by atoms with Gasteiger partial charge < -0.3 is 5.32 Å². The lowest BCUT2D eigenvalue weighted by atomic mass is 10.2. The molecule has 0 spiro atoms. The van der Waals surface area contributed by atoms with Gasteiger partial charge in [0.25, 0.3) is 5.91 Å². The number of para-hydroxylation sites is 1. The first-order chi connectivity index (χ1) is 11.6. The second-order valence-corrected chi connectivity index (χ2v) is 7.20. The number of hydrogen-bond donors (Lipinski definition) is 1. The van der Waals surface area contributed by atoms with Crippen LogP contribution < -0.4 is 10.2 Å². The number of nitrogens with zero attached hydrogens (tertiary/aromatic N) is 1. The second-order valence-electron chi connectivity index (χ2n) is 5.20. The highest BCUT2D eigenvalue weighted by Crippen LogP contribution is 2.41. The van der Waals surface area contributed by atoms with Gasteiger partial charge in [-0.2, -0.15) is 0 Å². The Morgan fingerprint density at radius 1 is 1.25 bits per heavy atom. The summed E-state index contributed by atoms with van der Waals surface area (Å²) >= 11 is 4.86. The number of thioether (sulfide) groups is 1. The van der Waals surface area contributed by atoms with E-state index in [4.69, 9.17) is 0 Å². The third kappa shape index (κ3) is 3.55. The number of anilines is 1. The van der Waals surface area contributed by atoms with Gasteiger partial charge >= 0.3 is 0 Å². The Morgan fingerprint density at radius 3 is 2.79 bits per heavy atom. The third-order valence-corrected chi connectivity index (χ3v) is 5.13. The number of amides is 2. The molecule has 0 fully saturated rings. The van der Waals surface area contributed by atoms with Crippen LogP contribution in [0.25, 0.3) is 6.08 Å². The van der Waals surface area contributed by atoms with E-state index in [1.807, 2.05) is 54.6 Å². The van der Waals surface area contributed by atoms with Crippen molar-refractivity contribution >= 4 is 51.3 Å². The minimum Gasteiger partial charge on any atom is -0.358 e. The Hall–Kier alpha value is -2.05. The van der Waals surface area contributed by atoms with Crippen LogP contribution in [-0.2, 0) is 9.59 Å². The first-order valence-electron chi connectivity index (χ1n) is 7.35. The number of fused-ring (bicyclic) bond motifs is 1. The minimum absolute atomic E-state index is 0.00271. The van der Waals surface area contributed by atoms with Crippen molar-refractivity contribution in [3.63, 3.8) is 0 Å². The molecule has 6 heteroatoms. The fraction of sp³-hybridized carbons (Fsp3) is 0.111. The summed E-state index contributed by atoms with van der Waals surface area (Å²) in [7, 11) is 1.57. The van der Waals surface area contributed by atoms with Gasteiger partial charge in [-0.05, 0) is 35.9 Å². The standard InChI is InChI=1S/C18H15BrN2O2S/c1-20-17(22)11-21-14-7-2-3-8-15(14)24-16(18(21)23)10-12-5-4-6-13(19)9-12/h2-10H,11H2,1H3,(H,20,22)/b16-10+. The Kier molecular flexibility index (Phi) is 5.06. The number of carbonyl (C=O) groups excluding carboxylic acids is 2. The SMILES string of the molecule is CNC(=O)CN1C(=O)/C(=C\c2cccc(Br)c2)Sc2ccccc21. The van der Waals surface area contributed by atoms with Crippen LogP contribution >= 0.6 is 27.7 Å². The molecule has 4 nitrogen and oxygen atoms in total. The number of rotatable bonds is 3.